The van der Waals surface area contributed by atoms with Crippen LogP contribution in [-0.2, 0) is 0 Å². The van der Waals surface area contributed by atoms with Gasteiger partial charge < -0.3 is 10.6 Å². The molecule has 2 heterocycles. The number of nitrogens with one attached hydrogen (secondary N) is 2. The van der Waals surface area contributed by atoms with Crippen LogP contribution >= 0.6 is 0 Å². The Bertz CT molecular complexity index is 631. The maximum absolute atomic E-state index is 12.2. The zero-order valence-corrected chi connectivity index (χ0v) is 12.7. The van der Waals surface area contributed by atoms with E-state index in [-0.39, 0.29) is 11.3 Å². The minimum absolute atomic E-state index is 0.163. The number of nitrogens with zero attached hydrogens (tertiary/aromatic N) is 3. The molecular weight excluding hydrogens is 278 g/mol. The van der Waals surface area contributed by atoms with Crippen LogP contribution in [0.1, 0.15) is 30.3 Å². The minimum atomic E-state index is -0.165. The van der Waals surface area contributed by atoms with E-state index in [0.29, 0.717) is 12.2 Å². The lowest BCUT2D eigenvalue weighted by atomic mass is 9.81. The third-order valence-corrected chi connectivity index (χ3v) is 4.20. The molecule has 0 saturated carbocycles. The molecule has 116 valence electrons. The topological polar surface area (TPSA) is 71.8 Å². The van der Waals surface area contributed by atoms with Gasteiger partial charge in [0.25, 0.3) is 5.91 Å². The summed E-state index contributed by atoms with van der Waals surface area (Å²) in [5.41, 5.74) is 1.35. The van der Waals surface area contributed by atoms with Crippen molar-refractivity contribution >= 4 is 5.91 Å². The smallest absolute Gasteiger partial charge is 0.273 e. The van der Waals surface area contributed by atoms with Crippen LogP contribution in [0.2, 0.25) is 0 Å². The molecule has 1 aromatic heterocycles. The normalized spacial score (nSPS) is 17.1. The number of hydrogen-bond donors (Lipinski definition) is 2. The number of carbonyl (C=O) groups excluding carboxylic acids is 1. The predicted octanol–water partition coefficient (Wildman–Crippen LogP) is 1.39. The summed E-state index contributed by atoms with van der Waals surface area (Å²) < 4.78 is 0. The van der Waals surface area contributed by atoms with Crippen LogP contribution in [-0.4, -0.2) is 40.5 Å². The minimum Gasteiger partial charge on any atom is -0.350 e. The highest BCUT2D eigenvalue weighted by atomic mass is 16.2. The monoisotopic (exact) mass is 299 g/mol. The molecular formula is C16H21N5O. The summed E-state index contributed by atoms with van der Waals surface area (Å²) in [6.45, 7) is 4.91. The Morgan fingerprint density at radius 2 is 2.05 bits per heavy atom. The lowest BCUT2D eigenvalue weighted by molar-refractivity contribution is 0.0917. The van der Waals surface area contributed by atoms with Crippen molar-refractivity contribution < 1.29 is 4.79 Å². The van der Waals surface area contributed by atoms with Gasteiger partial charge in [0.1, 0.15) is 0 Å². The highest BCUT2D eigenvalue weighted by molar-refractivity contribution is 5.91. The lowest BCUT2D eigenvalue weighted by Gasteiger charge is -2.33. The first-order chi connectivity index (χ1) is 10.7. The Kier molecular flexibility index (Phi) is 4.20. The van der Waals surface area contributed by atoms with Crippen LogP contribution in [0, 0.1) is 5.41 Å². The van der Waals surface area contributed by atoms with Crippen LogP contribution in [0.3, 0.4) is 0 Å². The number of amides is 1. The van der Waals surface area contributed by atoms with E-state index in [2.05, 4.69) is 27.8 Å². The van der Waals surface area contributed by atoms with Gasteiger partial charge in [-0.3, -0.25) is 4.79 Å². The Morgan fingerprint density at radius 1 is 1.32 bits per heavy atom. The van der Waals surface area contributed by atoms with Crippen molar-refractivity contribution in [2.24, 2.45) is 5.41 Å². The zero-order chi connectivity index (χ0) is 15.4. The molecule has 6 nitrogen and oxygen atoms in total. The van der Waals surface area contributed by atoms with Crippen molar-refractivity contribution in [1.29, 1.82) is 0 Å². The van der Waals surface area contributed by atoms with Crippen LogP contribution < -0.4 is 10.6 Å². The fourth-order valence-electron chi connectivity index (χ4n) is 2.64. The summed E-state index contributed by atoms with van der Waals surface area (Å²) in [6.07, 6.45) is 3.65. The Labute approximate surface area is 129 Å². The number of para-hydroxylation sites is 1. The SMILES string of the molecule is CC1(CNC(=O)c2cnn(-c3ccccc3)n2)CCNCC1. The van der Waals surface area contributed by atoms with E-state index in [1.807, 2.05) is 30.3 Å². The fraction of sp³-hybridized carbons (Fsp3) is 0.438. The molecule has 2 aromatic rings. The molecule has 1 fully saturated rings. The standard InChI is InChI=1S/C16H21N5O/c1-16(7-9-17-10-8-16)12-18-15(22)14-11-19-21(20-14)13-5-3-2-4-6-13/h2-6,11,17H,7-10,12H2,1H3,(H,18,22). The highest BCUT2D eigenvalue weighted by Gasteiger charge is 2.27. The van der Waals surface area contributed by atoms with Crippen LogP contribution in [0.25, 0.3) is 5.69 Å². The quantitative estimate of drug-likeness (QED) is 0.895. The van der Waals surface area contributed by atoms with Crippen molar-refractivity contribution in [2.45, 2.75) is 19.8 Å². The van der Waals surface area contributed by atoms with Gasteiger partial charge in [-0.2, -0.15) is 9.90 Å². The molecule has 1 saturated heterocycles. The van der Waals surface area contributed by atoms with Crippen LogP contribution in [0.5, 0.6) is 0 Å². The van der Waals surface area contributed by atoms with Gasteiger partial charge in [0, 0.05) is 6.54 Å². The summed E-state index contributed by atoms with van der Waals surface area (Å²) >= 11 is 0. The molecule has 1 aromatic carbocycles. The molecule has 0 atom stereocenters. The predicted molar refractivity (Wildman–Crippen MR) is 83.9 cm³/mol. The van der Waals surface area contributed by atoms with E-state index in [4.69, 9.17) is 0 Å². The van der Waals surface area contributed by atoms with Gasteiger partial charge >= 0.3 is 0 Å². The summed E-state index contributed by atoms with van der Waals surface area (Å²) in [6, 6.07) is 9.56. The molecule has 0 bridgehead atoms. The molecule has 1 aliphatic rings. The van der Waals surface area contributed by atoms with Crippen LogP contribution in [0.15, 0.2) is 36.5 Å². The first-order valence-corrected chi connectivity index (χ1v) is 7.63. The Balaban J connectivity index is 1.62. The molecule has 0 radical (unpaired) electrons. The number of carbonyl (C=O) groups is 1. The van der Waals surface area contributed by atoms with Crippen molar-refractivity contribution in [2.75, 3.05) is 19.6 Å². The summed E-state index contributed by atoms with van der Waals surface area (Å²) in [5.74, 6) is -0.165. The zero-order valence-electron chi connectivity index (χ0n) is 12.7. The molecule has 0 aliphatic carbocycles. The summed E-state index contributed by atoms with van der Waals surface area (Å²) in [7, 11) is 0. The van der Waals surface area contributed by atoms with E-state index in [9.17, 15) is 4.79 Å². The Hall–Kier alpha value is -2.21. The number of benzene rings is 1. The largest absolute Gasteiger partial charge is 0.350 e. The van der Waals surface area contributed by atoms with Gasteiger partial charge in [-0.05, 0) is 43.5 Å². The number of piperidine rings is 1. The third-order valence-electron chi connectivity index (χ3n) is 4.20. The molecule has 3 rings (SSSR count). The van der Waals surface area contributed by atoms with E-state index < -0.39 is 0 Å². The van der Waals surface area contributed by atoms with Crippen molar-refractivity contribution in [1.82, 2.24) is 25.6 Å². The van der Waals surface area contributed by atoms with E-state index >= 15 is 0 Å². The van der Waals surface area contributed by atoms with Crippen molar-refractivity contribution in [3.63, 3.8) is 0 Å². The van der Waals surface area contributed by atoms with Gasteiger partial charge in [0.15, 0.2) is 5.69 Å². The molecule has 22 heavy (non-hydrogen) atoms. The second-order valence-corrected chi connectivity index (χ2v) is 6.10. The molecule has 1 amide bonds. The Morgan fingerprint density at radius 3 is 2.77 bits per heavy atom. The van der Waals surface area contributed by atoms with E-state index in [1.165, 1.54) is 11.0 Å². The van der Waals surface area contributed by atoms with Gasteiger partial charge in [0.2, 0.25) is 0 Å². The number of hydrogen-bond acceptors (Lipinski definition) is 4. The second kappa shape index (κ2) is 6.27. The molecule has 1 aliphatic heterocycles. The average Bonchev–Trinajstić information content (AvgIpc) is 3.04. The maximum Gasteiger partial charge on any atom is 0.273 e. The molecule has 6 heteroatoms. The van der Waals surface area contributed by atoms with Gasteiger partial charge in [0.05, 0.1) is 11.9 Å². The molecule has 0 unspecified atom stereocenters. The first-order valence-electron chi connectivity index (χ1n) is 7.63. The molecule has 2 N–H and O–H groups in total. The third kappa shape index (κ3) is 3.33. The van der Waals surface area contributed by atoms with Crippen molar-refractivity contribution in [3.05, 3.63) is 42.2 Å². The summed E-state index contributed by atoms with van der Waals surface area (Å²) in [5, 5.41) is 14.7. The summed E-state index contributed by atoms with van der Waals surface area (Å²) in [4.78, 5) is 13.7. The number of rotatable bonds is 4. The van der Waals surface area contributed by atoms with Crippen molar-refractivity contribution in [3.8, 4) is 5.69 Å². The molecule has 0 spiro atoms. The van der Waals surface area contributed by atoms with Gasteiger partial charge in [-0.25, -0.2) is 0 Å². The highest BCUT2D eigenvalue weighted by Crippen LogP contribution is 2.26. The van der Waals surface area contributed by atoms with Gasteiger partial charge in [-0.1, -0.05) is 25.1 Å². The number of aromatic nitrogens is 3. The van der Waals surface area contributed by atoms with E-state index in [1.54, 1.807) is 0 Å². The second-order valence-electron chi connectivity index (χ2n) is 6.10. The van der Waals surface area contributed by atoms with Gasteiger partial charge in [-0.15, -0.1) is 5.10 Å². The van der Waals surface area contributed by atoms with Crippen LogP contribution in [0.4, 0.5) is 0 Å². The van der Waals surface area contributed by atoms with E-state index in [0.717, 1.165) is 31.6 Å². The first kappa shape index (κ1) is 14.7. The fourth-order valence-corrected chi connectivity index (χ4v) is 2.64. The average molecular weight is 299 g/mol. The maximum atomic E-state index is 12.2. The lowest BCUT2D eigenvalue weighted by Crippen LogP contribution is -2.43.